The third-order valence-electron chi connectivity index (χ3n) is 4.14. The molecule has 2 aromatic rings. The summed E-state index contributed by atoms with van der Waals surface area (Å²) in [5.74, 6) is 0.107. The van der Waals surface area contributed by atoms with E-state index in [1.807, 2.05) is 18.2 Å². The molecular formula is C19H18Cl3NO3. The highest BCUT2D eigenvalue weighted by Gasteiger charge is 2.21. The minimum Gasteiger partial charge on any atom is -0.486 e. The minimum atomic E-state index is -0.951. The van der Waals surface area contributed by atoms with Crippen LogP contribution in [0.5, 0.6) is 5.75 Å². The summed E-state index contributed by atoms with van der Waals surface area (Å²) in [6, 6.07) is 8.83. The van der Waals surface area contributed by atoms with Gasteiger partial charge in [-0.05, 0) is 42.5 Å². The van der Waals surface area contributed by atoms with Crippen LogP contribution in [-0.2, 0) is 17.8 Å². The topological polar surface area (TPSA) is 58.6 Å². The smallest absolute Gasteiger partial charge is 0.307 e. The minimum absolute atomic E-state index is 0.153. The fourth-order valence-corrected chi connectivity index (χ4v) is 3.47. The van der Waals surface area contributed by atoms with Crippen LogP contribution in [0.2, 0.25) is 15.1 Å². The molecule has 0 aliphatic heterocycles. The van der Waals surface area contributed by atoms with E-state index in [4.69, 9.17) is 44.6 Å². The van der Waals surface area contributed by atoms with Gasteiger partial charge in [-0.3, -0.25) is 4.79 Å². The zero-order valence-corrected chi connectivity index (χ0v) is 16.2. The van der Waals surface area contributed by atoms with Gasteiger partial charge in [0.2, 0.25) is 0 Å². The second-order valence-electron chi connectivity index (χ2n) is 6.35. The monoisotopic (exact) mass is 413 g/mol. The number of rotatable bonds is 8. The fourth-order valence-electron chi connectivity index (χ4n) is 2.58. The van der Waals surface area contributed by atoms with Crippen molar-refractivity contribution in [3.63, 3.8) is 0 Å². The number of aliphatic carboxylic acids is 1. The predicted molar refractivity (Wildman–Crippen MR) is 105 cm³/mol. The van der Waals surface area contributed by atoms with Gasteiger partial charge >= 0.3 is 5.97 Å². The summed E-state index contributed by atoms with van der Waals surface area (Å²) in [6.45, 7) is 1.13. The molecule has 0 radical (unpaired) electrons. The van der Waals surface area contributed by atoms with Crippen molar-refractivity contribution in [2.45, 2.75) is 25.9 Å². The Labute approximate surface area is 167 Å². The maximum atomic E-state index is 10.8. The molecule has 1 saturated carbocycles. The van der Waals surface area contributed by atoms with Gasteiger partial charge < -0.3 is 15.2 Å². The van der Waals surface area contributed by atoms with Crippen LogP contribution >= 0.6 is 34.8 Å². The van der Waals surface area contributed by atoms with Crippen molar-refractivity contribution in [3.8, 4) is 5.75 Å². The van der Waals surface area contributed by atoms with Gasteiger partial charge in [-0.1, -0.05) is 46.9 Å². The lowest BCUT2D eigenvalue weighted by atomic mass is 10.1. The highest BCUT2D eigenvalue weighted by atomic mass is 35.5. The fraction of sp³-hybridized carbons (Fsp3) is 0.316. The number of carbonyl (C=O) groups is 1. The summed E-state index contributed by atoms with van der Waals surface area (Å²) in [5.41, 5.74) is 2.21. The molecule has 1 fully saturated rings. The number of halogens is 3. The van der Waals surface area contributed by atoms with Crippen molar-refractivity contribution in [1.29, 1.82) is 0 Å². The highest BCUT2D eigenvalue weighted by molar-refractivity contribution is 6.37. The number of anilines is 1. The van der Waals surface area contributed by atoms with E-state index in [1.54, 1.807) is 12.1 Å². The van der Waals surface area contributed by atoms with Gasteiger partial charge in [0.1, 0.15) is 6.61 Å². The third-order valence-corrected chi connectivity index (χ3v) is 5.15. The molecule has 0 aromatic heterocycles. The van der Waals surface area contributed by atoms with Crippen LogP contribution in [0.4, 0.5) is 5.69 Å². The zero-order chi connectivity index (χ0) is 18.7. The van der Waals surface area contributed by atoms with Crippen LogP contribution in [0.15, 0.2) is 30.3 Å². The Morgan fingerprint density at radius 3 is 2.50 bits per heavy atom. The SMILES string of the molecule is O=C(O)Cc1cc(Cl)c(OCc2cccc(NCC3CC3)c2Cl)c(Cl)c1. The number of carboxylic acids is 1. The maximum absolute atomic E-state index is 10.8. The van der Waals surface area contributed by atoms with E-state index < -0.39 is 5.97 Å². The van der Waals surface area contributed by atoms with Gasteiger partial charge in [0, 0.05) is 12.1 Å². The zero-order valence-electron chi connectivity index (χ0n) is 13.9. The van der Waals surface area contributed by atoms with E-state index in [1.165, 1.54) is 12.8 Å². The highest BCUT2D eigenvalue weighted by Crippen LogP contribution is 2.36. The van der Waals surface area contributed by atoms with Gasteiger partial charge in [-0.25, -0.2) is 0 Å². The van der Waals surface area contributed by atoms with Gasteiger partial charge in [-0.15, -0.1) is 0 Å². The molecule has 7 heteroatoms. The van der Waals surface area contributed by atoms with E-state index in [0.717, 1.165) is 23.7 Å². The molecule has 0 amide bonds. The Hall–Kier alpha value is -1.62. The molecule has 2 N–H and O–H groups in total. The molecule has 0 atom stereocenters. The summed E-state index contributed by atoms with van der Waals surface area (Å²) in [4.78, 5) is 10.8. The van der Waals surface area contributed by atoms with Gasteiger partial charge in [0.05, 0.1) is 27.2 Å². The number of carboxylic acid groups (broad SMARTS) is 1. The molecule has 4 nitrogen and oxygen atoms in total. The van der Waals surface area contributed by atoms with E-state index in [0.29, 0.717) is 16.3 Å². The second-order valence-corrected chi connectivity index (χ2v) is 7.54. The number of nitrogens with one attached hydrogen (secondary N) is 1. The lowest BCUT2D eigenvalue weighted by molar-refractivity contribution is -0.136. The summed E-state index contributed by atoms with van der Waals surface area (Å²) >= 11 is 18.9. The van der Waals surface area contributed by atoms with Crippen molar-refractivity contribution >= 4 is 46.5 Å². The number of hydrogen-bond donors (Lipinski definition) is 2. The maximum Gasteiger partial charge on any atom is 0.307 e. The first kappa shape index (κ1) is 19.2. The lowest BCUT2D eigenvalue weighted by Crippen LogP contribution is -2.05. The standard InChI is InChI=1S/C19H18Cl3NO3/c20-14-6-12(8-17(24)25)7-15(21)19(14)26-10-13-2-1-3-16(18(13)22)23-9-11-4-5-11/h1-3,6-7,11,23H,4-5,8-10H2,(H,24,25). The van der Waals surface area contributed by atoms with Crippen LogP contribution in [0.3, 0.4) is 0 Å². The van der Waals surface area contributed by atoms with Gasteiger partial charge in [0.15, 0.2) is 5.75 Å². The van der Waals surface area contributed by atoms with Crippen molar-refractivity contribution < 1.29 is 14.6 Å². The van der Waals surface area contributed by atoms with Crippen LogP contribution in [-0.4, -0.2) is 17.6 Å². The second kappa shape index (κ2) is 8.38. The van der Waals surface area contributed by atoms with Crippen molar-refractivity contribution in [1.82, 2.24) is 0 Å². The molecule has 0 saturated heterocycles. The number of benzene rings is 2. The molecule has 2 aromatic carbocycles. The largest absolute Gasteiger partial charge is 0.486 e. The molecule has 138 valence electrons. The summed E-state index contributed by atoms with van der Waals surface area (Å²) in [6.07, 6.45) is 2.38. The number of hydrogen-bond acceptors (Lipinski definition) is 3. The molecule has 0 heterocycles. The Bertz CT molecular complexity index is 799. The average Bonchev–Trinajstić information content (AvgIpc) is 3.38. The van der Waals surface area contributed by atoms with Crippen LogP contribution in [0.1, 0.15) is 24.0 Å². The lowest BCUT2D eigenvalue weighted by Gasteiger charge is -2.14. The molecule has 3 rings (SSSR count). The van der Waals surface area contributed by atoms with E-state index in [9.17, 15) is 4.79 Å². The van der Waals surface area contributed by atoms with Crippen LogP contribution in [0, 0.1) is 5.92 Å². The third kappa shape index (κ3) is 4.97. The van der Waals surface area contributed by atoms with E-state index >= 15 is 0 Å². The first-order valence-corrected chi connectivity index (χ1v) is 9.41. The van der Waals surface area contributed by atoms with Crippen LogP contribution in [0.25, 0.3) is 0 Å². The van der Waals surface area contributed by atoms with E-state index in [-0.39, 0.29) is 23.1 Å². The first-order valence-electron chi connectivity index (χ1n) is 8.28. The normalized spacial score (nSPS) is 13.5. The van der Waals surface area contributed by atoms with Gasteiger partial charge in [-0.2, -0.15) is 0 Å². The molecule has 0 unspecified atom stereocenters. The summed E-state index contributed by atoms with van der Waals surface area (Å²) in [5, 5.41) is 13.4. The predicted octanol–water partition coefficient (Wildman–Crippen LogP) is 5.67. The van der Waals surface area contributed by atoms with Crippen molar-refractivity contribution in [2.24, 2.45) is 5.92 Å². The van der Waals surface area contributed by atoms with E-state index in [2.05, 4.69) is 5.32 Å². The van der Waals surface area contributed by atoms with Crippen LogP contribution < -0.4 is 10.1 Å². The Balaban J connectivity index is 1.70. The molecule has 26 heavy (non-hydrogen) atoms. The quantitative estimate of drug-likeness (QED) is 0.584. The Morgan fingerprint density at radius 2 is 1.88 bits per heavy atom. The number of ether oxygens (including phenoxy) is 1. The Kier molecular flexibility index (Phi) is 6.17. The average molecular weight is 415 g/mol. The van der Waals surface area contributed by atoms with Gasteiger partial charge in [0.25, 0.3) is 0 Å². The summed E-state index contributed by atoms with van der Waals surface area (Å²) < 4.78 is 5.76. The Morgan fingerprint density at radius 1 is 1.19 bits per heavy atom. The first-order chi connectivity index (χ1) is 12.4. The molecule has 0 bridgehead atoms. The molecule has 1 aliphatic carbocycles. The van der Waals surface area contributed by atoms with Crippen molar-refractivity contribution in [3.05, 3.63) is 56.5 Å². The molecule has 1 aliphatic rings. The summed E-state index contributed by atoms with van der Waals surface area (Å²) in [7, 11) is 0. The molecular weight excluding hydrogens is 397 g/mol. The van der Waals surface area contributed by atoms with Crippen molar-refractivity contribution in [2.75, 3.05) is 11.9 Å². The molecule has 0 spiro atoms.